The predicted octanol–water partition coefficient (Wildman–Crippen LogP) is 4.94. The van der Waals surface area contributed by atoms with Gasteiger partial charge in [0.05, 0.1) is 22.6 Å². The Bertz CT molecular complexity index is 1120. The molecule has 0 atom stereocenters. The third-order valence-corrected chi connectivity index (χ3v) is 5.72. The lowest BCUT2D eigenvalue weighted by Crippen LogP contribution is -2.42. The van der Waals surface area contributed by atoms with Gasteiger partial charge < -0.3 is 15.0 Å². The second-order valence-electron chi connectivity index (χ2n) is 7.80. The van der Waals surface area contributed by atoms with Gasteiger partial charge in [-0.3, -0.25) is 14.6 Å². The van der Waals surface area contributed by atoms with Gasteiger partial charge >= 0.3 is 0 Å². The average Bonchev–Trinajstić information content (AvgIpc) is 2.83. The lowest BCUT2D eigenvalue weighted by Gasteiger charge is -2.32. The van der Waals surface area contributed by atoms with Crippen molar-refractivity contribution in [1.82, 2.24) is 9.88 Å². The first kappa shape index (κ1) is 22.7. The maximum Gasteiger partial charge on any atom is 0.233 e. The normalized spacial score (nSPS) is 14.1. The summed E-state index contributed by atoms with van der Waals surface area (Å²) >= 11 is 6.05. The predicted molar refractivity (Wildman–Crippen MR) is 125 cm³/mol. The highest BCUT2D eigenvalue weighted by Crippen LogP contribution is 2.28. The highest BCUT2D eigenvalue weighted by Gasteiger charge is 2.25. The first-order chi connectivity index (χ1) is 16.0. The first-order valence-corrected chi connectivity index (χ1v) is 11.1. The first-order valence-electron chi connectivity index (χ1n) is 10.7. The number of amides is 2. The maximum absolute atomic E-state index is 13.4. The highest BCUT2D eigenvalue weighted by molar-refractivity contribution is 6.32. The monoisotopic (exact) mass is 467 g/mol. The minimum absolute atomic E-state index is 0.170. The summed E-state index contributed by atoms with van der Waals surface area (Å²) in [6.45, 7) is 0.911. The number of halogens is 2. The third kappa shape index (κ3) is 6.08. The number of aromatic nitrogens is 1. The number of rotatable bonds is 6. The van der Waals surface area contributed by atoms with Crippen molar-refractivity contribution < 1.29 is 18.7 Å². The number of carbonyl (C=O) groups is 2. The molecule has 1 aliphatic rings. The summed E-state index contributed by atoms with van der Waals surface area (Å²) in [6, 6.07) is 17.3. The fourth-order valence-electron chi connectivity index (χ4n) is 3.67. The fraction of sp³-hybridized carbons (Fsp3) is 0.240. The van der Waals surface area contributed by atoms with E-state index in [1.807, 2.05) is 36.4 Å². The van der Waals surface area contributed by atoms with Crippen LogP contribution in [0, 0.1) is 5.82 Å². The second-order valence-corrected chi connectivity index (χ2v) is 8.20. The van der Waals surface area contributed by atoms with Crippen molar-refractivity contribution in [3.63, 3.8) is 0 Å². The van der Waals surface area contributed by atoms with E-state index in [0.717, 1.165) is 11.3 Å². The molecule has 2 amide bonds. The molecule has 2 heterocycles. The number of nitrogens with zero attached hydrogens (tertiary/aromatic N) is 2. The van der Waals surface area contributed by atoms with Crippen molar-refractivity contribution in [3.05, 3.63) is 77.7 Å². The summed E-state index contributed by atoms with van der Waals surface area (Å²) in [6.07, 6.45) is 2.31. The van der Waals surface area contributed by atoms with E-state index in [0.29, 0.717) is 42.4 Å². The van der Waals surface area contributed by atoms with Gasteiger partial charge in [-0.05, 0) is 24.3 Å². The van der Waals surface area contributed by atoms with Crippen LogP contribution in [0.5, 0.6) is 5.75 Å². The minimum Gasteiger partial charge on any atom is -0.489 e. The Labute approximate surface area is 196 Å². The molecule has 1 saturated heterocycles. The Morgan fingerprint density at radius 3 is 2.55 bits per heavy atom. The Morgan fingerprint density at radius 2 is 1.85 bits per heavy atom. The summed E-state index contributed by atoms with van der Waals surface area (Å²) in [5.74, 6) is -0.756. The van der Waals surface area contributed by atoms with Crippen LogP contribution >= 0.6 is 11.6 Å². The van der Waals surface area contributed by atoms with Gasteiger partial charge in [0.2, 0.25) is 11.8 Å². The molecule has 170 valence electrons. The lowest BCUT2D eigenvalue weighted by molar-refractivity contribution is -0.136. The number of nitrogens with one attached hydrogen (secondary N) is 1. The molecule has 0 bridgehead atoms. The third-order valence-electron chi connectivity index (χ3n) is 5.41. The number of likely N-dealkylation sites (tertiary alicyclic amines) is 1. The zero-order chi connectivity index (χ0) is 23.2. The topological polar surface area (TPSA) is 71.5 Å². The summed E-state index contributed by atoms with van der Waals surface area (Å²) in [4.78, 5) is 30.9. The van der Waals surface area contributed by atoms with Crippen molar-refractivity contribution in [2.75, 3.05) is 18.4 Å². The molecule has 0 saturated carbocycles. The molecule has 8 heteroatoms. The van der Waals surface area contributed by atoms with Gasteiger partial charge in [-0.2, -0.15) is 0 Å². The van der Waals surface area contributed by atoms with Crippen LogP contribution in [-0.2, 0) is 9.59 Å². The van der Waals surface area contributed by atoms with Gasteiger partial charge in [0.25, 0.3) is 0 Å². The summed E-state index contributed by atoms with van der Waals surface area (Å²) in [5, 5.41) is 3.07. The average molecular weight is 468 g/mol. The van der Waals surface area contributed by atoms with E-state index in [-0.39, 0.29) is 24.3 Å². The highest BCUT2D eigenvalue weighted by atomic mass is 35.5. The van der Waals surface area contributed by atoms with E-state index in [9.17, 15) is 14.0 Å². The van der Waals surface area contributed by atoms with Gasteiger partial charge in [0.1, 0.15) is 24.1 Å². The molecular weight excluding hydrogens is 445 g/mol. The second kappa shape index (κ2) is 10.4. The SMILES string of the molecule is O=C(CC(=O)N1CCC(Oc2cc(F)ccc2Cl)CC1)Nc1ccc(-c2ccccc2)nc1. The van der Waals surface area contributed by atoms with E-state index in [1.165, 1.54) is 18.2 Å². The molecule has 6 nitrogen and oxygen atoms in total. The van der Waals surface area contributed by atoms with Crippen LogP contribution in [0.25, 0.3) is 11.3 Å². The van der Waals surface area contributed by atoms with Gasteiger partial charge in [-0.15, -0.1) is 0 Å². The standard InChI is InChI=1S/C25H23ClFN3O3/c26-21-8-6-18(27)14-23(21)33-20-10-12-30(13-11-20)25(32)15-24(31)29-19-7-9-22(28-16-19)17-4-2-1-3-5-17/h1-9,14,16,20H,10-13,15H2,(H,29,31). The summed E-state index contributed by atoms with van der Waals surface area (Å²) < 4.78 is 19.2. The molecule has 0 spiro atoms. The summed E-state index contributed by atoms with van der Waals surface area (Å²) in [5.41, 5.74) is 2.32. The van der Waals surface area contributed by atoms with E-state index in [2.05, 4.69) is 10.3 Å². The number of piperidine rings is 1. The van der Waals surface area contributed by atoms with Crippen molar-refractivity contribution in [2.24, 2.45) is 0 Å². The largest absolute Gasteiger partial charge is 0.489 e. The number of ether oxygens (including phenoxy) is 1. The Morgan fingerprint density at radius 1 is 1.09 bits per heavy atom. The number of pyridine rings is 1. The van der Waals surface area contributed by atoms with E-state index < -0.39 is 5.82 Å². The number of hydrogen-bond acceptors (Lipinski definition) is 4. The molecule has 0 aliphatic carbocycles. The quantitative estimate of drug-likeness (QED) is 0.521. The van der Waals surface area contributed by atoms with Crippen molar-refractivity contribution in [1.29, 1.82) is 0 Å². The van der Waals surface area contributed by atoms with Crippen molar-refractivity contribution >= 4 is 29.1 Å². The van der Waals surface area contributed by atoms with Crippen molar-refractivity contribution in [2.45, 2.75) is 25.4 Å². The zero-order valence-electron chi connectivity index (χ0n) is 17.8. The van der Waals surface area contributed by atoms with Crippen LogP contribution in [0.1, 0.15) is 19.3 Å². The van der Waals surface area contributed by atoms with Crippen LogP contribution in [0.2, 0.25) is 5.02 Å². The van der Waals surface area contributed by atoms with Gasteiger partial charge in [0, 0.05) is 37.6 Å². The molecule has 4 rings (SSSR count). The Balaban J connectivity index is 1.24. The molecule has 1 fully saturated rings. The van der Waals surface area contributed by atoms with Gasteiger partial charge in [0.15, 0.2) is 0 Å². The molecule has 1 aliphatic heterocycles. The fourth-order valence-corrected chi connectivity index (χ4v) is 3.83. The molecule has 33 heavy (non-hydrogen) atoms. The van der Waals surface area contributed by atoms with E-state index >= 15 is 0 Å². The number of anilines is 1. The van der Waals surface area contributed by atoms with Crippen LogP contribution in [0.4, 0.5) is 10.1 Å². The van der Waals surface area contributed by atoms with E-state index in [4.69, 9.17) is 16.3 Å². The molecule has 2 aromatic carbocycles. The van der Waals surface area contributed by atoms with E-state index in [1.54, 1.807) is 17.2 Å². The molecular formula is C25H23ClFN3O3. The zero-order valence-corrected chi connectivity index (χ0v) is 18.6. The summed E-state index contributed by atoms with van der Waals surface area (Å²) in [7, 11) is 0. The molecule has 0 unspecified atom stereocenters. The molecule has 1 N–H and O–H groups in total. The van der Waals surface area contributed by atoms with Crippen LogP contribution in [0.3, 0.4) is 0 Å². The van der Waals surface area contributed by atoms with Crippen LogP contribution in [0.15, 0.2) is 66.9 Å². The van der Waals surface area contributed by atoms with Crippen molar-refractivity contribution in [3.8, 4) is 17.0 Å². The van der Waals surface area contributed by atoms with Gasteiger partial charge in [-0.25, -0.2) is 4.39 Å². The Kier molecular flexibility index (Phi) is 7.19. The van der Waals surface area contributed by atoms with Crippen LogP contribution < -0.4 is 10.1 Å². The molecule has 0 radical (unpaired) electrons. The number of carbonyl (C=O) groups excluding carboxylic acids is 2. The molecule has 3 aromatic rings. The number of hydrogen-bond donors (Lipinski definition) is 1. The lowest BCUT2D eigenvalue weighted by atomic mass is 10.1. The maximum atomic E-state index is 13.4. The van der Waals surface area contributed by atoms with Crippen LogP contribution in [-0.4, -0.2) is 40.9 Å². The Hall–Kier alpha value is -3.45. The minimum atomic E-state index is -0.419. The molecule has 1 aromatic heterocycles. The smallest absolute Gasteiger partial charge is 0.233 e. The van der Waals surface area contributed by atoms with Gasteiger partial charge in [-0.1, -0.05) is 41.9 Å². The number of benzene rings is 2.